The molecule has 25 heavy (non-hydrogen) atoms. The molecule has 1 N–H and O–H groups in total. The number of pyridine rings is 1. The molecule has 2 amide bonds. The third kappa shape index (κ3) is 4.17. The van der Waals surface area contributed by atoms with Crippen molar-refractivity contribution in [1.29, 1.82) is 0 Å². The zero-order valence-corrected chi connectivity index (χ0v) is 15.7. The number of aromatic nitrogens is 1. The molecule has 1 aliphatic heterocycles. The first-order valence-electron chi connectivity index (χ1n) is 7.68. The molecule has 1 aliphatic rings. The van der Waals surface area contributed by atoms with Gasteiger partial charge in [0.15, 0.2) is 0 Å². The molecule has 7 nitrogen and oxygen atoms in total. The highest BCUT2D eigenvalue weighted by molar-refractivity contribution is 9.10. The van der Waals surface area contributed by atoms with Crippen molar-refractivity contribution in [2.45, 2.75) is 4.90 Å². The lowest BCUT2D eigenvalue weighted by atomic mass is 10.4. The molecule has 0 radical (unpaired) electrons. The van der Waals surface area contributed by atoms with Crippen molar-refractivity contribution in [2.24, 2.45) is 0 Å². The predicted molar refractivity (Wildman–Crippen MR) is 97.7 cm³/mol. The molecule has 9 heteroatoms. The topological polar surface area (TPSA) is 82.6 Å². The average molecular weight is 425 g/mol. The molecular weight excluding hydrogens is 408 g/mol. The standard InChI is InChI=1S/C16H17BrN4O3S/c17-13-3-1-5-15(11-13)25(23,24)21-9-7-20(8-10-21)16(22)19-14-4-2-6-18-12-14/h1-6,11-12H,7-10H2,(H,19,22). The summed E-state index contributed by atoms with van der Waals surface area (Å²) >= 11 is 3.29. The smallest absolute Gasteiger partial charge is 0.321 e. The number of urea groups is 1. The lowest BCUT2D eigenvalue weighted by Crippen LogP contribution is -2.51. The maximum Gasteiger partial charge on any atom is 0.321 e. The van der Waals surface area contributed by atoms with Crippen LogP contribution in [0.3, 0.4) is 0 Å². The van der Waals surface area contributed by atoms with Gasteiger partial charge in [-0.15, -0.1) is 0 Å². The lowest BCUT2D eigenvalue weighted by Gasteiger charge is -2.34. The first-order valence-corrected chi connectivity index (χ1v) is 9.92. The fourth-order valence-electron chi connectivity index (χ4n) is 2.55. The van der Waals surface area contributed by atoms with Crippen LogP contribution < -0.4 is 5.32 Å². The maximum absolute atomic E-state index is 12.7. The first kappa shape index (κ1) is 17.8. The predicted octanol–water partition coefficient (Wildman–Crippen LogP) is 2.38. The van der Waals surface area contributed by atoms with Gasteiger partial charge in [0.25, 0.3) is 0 Å². The normalized spacial score (nSPS) is 15.8. The molecule has 0 unspecified atom stereocenters. The van der Waals surface area contributed by atoms with E-state index in [-0.39, 0.29) is 24.0 Å². The number of nitrogens with zero attached hydrogens (tertiary/aromatic N) is 3. The fourth-order valence-corrected chi connectivity index (χ4v) is 4.57. The zero-order valence-electron chi connectivity index (χ0n) is 13.3. The molecule has 0 spiro atoms. The number of sulfonamides is 1. The lowest BCUT2D eigenvalue weighted by molar-refractivity contribution is 0.184. The van der Waals surface area contributed by atoms with Crippen LogP contribution in [0.5, 0.6) is 0 Å². The number of hydrogen-bond acceptors (Lipinski definition) is 4. The zero-order chi connectivity index (χ0) is 17.9. The van der Waals surface area contributed by atoms with Crippen LogP contribution in [0.25, 0.3) is 0 Å². The number of hydrogen-bond donors (Lipinski definition) is 1. The van der Waals surface area contributed by atoms with E-state index >= 15 is 0 Å². The van der Waals surface area contributed by atoms with Crippen LogP contribution >= 0.6 is 15.9 Å². The number of nitrogens with one attached hydrogen (secondary N) is 1. The SMILES string of the molecule is O=C(Nc1cccnc1)N1CCN(S(=O)(=O)c2cccc(Br)c2)CC1. The van der Waals surface area contributed by atoms with E-state index in [9.17, 15) is 13.2 Å². The monoisotopic (exact) mass is 424 g/mol. The first-order chi connectivity index (χ1) is 12.0. The summed E-state index contributed by atoms with van der Waals surface area (Å²) in [5.74, 6) is 0. The Kier molecular flexibility index (Phi) is 5.36. The number of carbonyl (C=O) groups excluding carboxylic acids is 1. The summed E-state index contributed by atoms with van der Waals surface area (Å²) in [6.07, 6.45) is 3.19. The fraction of sp³-hybridized carbons (Fsp3) is 0.250. The molecule has 2 aromatic rings. The van der Waals surface area contributed by atoms with Crippen LogP contribution in [0, 0.1) is 0 Å². The van der Waals surface area contributed by atoms with Crippen LogP contribution in [0.2, 0.25) is 0 Å². The quantitative estimate of drug-likeness (QED) is 0.819. The molecule has 3 rings (SSSR count). The minimum atomic E-state index is -3.56. The van der Waals surface area contributed by atoms with Crippen molar-refractivity contribution >= 4 is 37.7 Å². The van der Waals surface area contributed by atoms with E-state index in [1.807, 2.05) is 0 Å². The summed E-state index contributed by atoms with van der Waals surface area (Å²) < 4.78 is 27.5. The van der Waals surface area contributed by atoms with Gasteiger partial charge in [0.2, 0.25) is 10.0 Å². The van der Waals surface area contributed by atoms with Gasteiger partial charge in [-0.3, -0.25) is 4.98 Å². The average Bonchev–Trinajstić information content (AvgIpc) is 2.62. The minimum absolute atomic E-state index is 0.245. The van der Waals surface area contributed by atoms with Gasteiger partial charge in [-0.25, -0.2) is 13.2 Å². The van der Waals surface area contributed by atoms with Crippen molar-refractivity contribution in [3.8, 4) is 0 Å². The van der Waals surface area contributed by atoms with E-state index < -0.39 is 10.0 Å². The Morgan fingerprint density at radius 1 is 1.12 bits per heavy atom. The third-order valence-electron chi connectivity index (χ3n) is 3.87. The molecule has 1 aromatic heterocycles. The van der Waals surface area contributed by atoms with Gasteiger partial charge < -0.3 is 10.2 Å². The Morgan fingerprint density at radius 3 is 2.52 bits per heavy atom. The van der Waals surface area contributed by atoms with E-state index in [0.717, 1.165) is 0 Å². The Hall–Kier alpha value is -1.97. The molecule has 2 heterocycles. The molecule has 0 atom stereocenters. The maximum atomic E-state index is 12.7. The molecule has 0 saturated carbocycles. The van der Waals surface area contributed by atoms with E-state index in [4.69, 9.17) is 0 Å². The number of halogens is 1. The van der Waals surface area contributed by atoms with E-state index in [0.29, 0.717) is 23.2 Å². The second-order valence-corrected chi connectivity index (χ2v) is 8.37. The molecule has 132 valence electrons. The van der Waals surface area contributed by atoms with Crippen LogP contribution in [-0.4, -0.2) is 54.8 Å². The van der Waals surface area contributed by atoms with E-state index in [1.165, 1.54) is 4.31 Å². The van der Waals surface area contributed by atoms with Crippen molar-refractivity contribution in [3.05, 3.63) is 53.3 Å². The second kappa shape index (κ2) is 7.51. The summed E-state index contributed by atoms with van der Waals surface area (Å²) in [7, 11) is -3.56. The summed E-state index contributed by atoms with van der Waals surface area (Å²) in [5, 5.41) is 2.75. The highest BCUT2D eigenvalue weighted by atomic mass is 79.9. The van der Waals surface area contributed by atoms with Gasteiger partial charge in [0, 0.05) is 36.8 Å². The van der Waals surface area contributed by atoms with Crippen molar-refractivity contribution in [3.63, 3.8) is 0 Å². The Morgan fingerprint density at radius 2 is 1.88 bits per heavy atom. The number of carbonyl (C=O) groups is 1. The van der Waals surface area contributed by atoms with Gasteiger partial charge in [0.05, 0.1) is 16.8 Å². The largest absolute Gasteiger partial charge is 0.322 e. The Bertz CT molecular complexity index is 853. The van der Waals surface area contributed by atoms with Gasteiger partial charge in [-0.05, 0) is 30.3 Å². The number of amides is 2. The Balaban J connectivity index is 1.62. The van der Waals surface area contributed by atoms with Crippen molar-refractivity contribution < 1.29 is 13.2 Å². The van der Waals surface area contributed by atoms with Crippen LogP contribution in [0.15, 0.2) is 58.2 Å². The van der Waals surface area contributed by atoms with Gasteiger partial charge in [-0.1, -0.05) is 22.0 Å². The summed E-state index contributed by atoms with van der Waals surface area (Å²) in [6.45, 7) is 1.18. The van der Waals surface area contributed by atoms with Crippen LogP contribution in [-0.2, 0) is 10.0 Å². The summed E-state index contributed by atoms with van der Waals surface area (Å²) in [4.78, 5) is 18.0. The highest BCUT2D eigenvalue weighted by Gasteiger charge is 2.30. The van der Waals surface area contributed by atoms with Crippen molar-refractivity contribution in [1.82, 2.24) is 14.2 Å². The van der Waals surface area contributed by atoms with Gasteiger partial charge in [-0.2, -0.15) is 4.31 Å². The number of benzene rings is 1. The van der Waals surface area contributed by atoms with Crippen LogP contribution in [0.1, 0.15) is 0 Å². The molecule has 1 saturated heterocycles. The van der Waals surface area contributed by atoms with E-state index in [2.05, 4.69) is 26.2 Å². The van der Waals surface area contributed by atoms with Gasteiger partial charge >= 0.3 is 6.03 Å². The van der Waals surface area contributed by atoms with Gasteiger partial charge in [0.1, 0.15) is 0 Å². The number of anilines is 1. The third-order valence-corrected chi connectivity index (χ3v) is 6.26. The molecule has 1 aromatic carbocycles. The molecule has 0 aliphatic carbocycles. The van der Waals surface area contributed by atoms with E-state index in [1.54, 1.807) is 53.7 Å². The highest BCUT2D eigenvalue weighted by Crippen LogP contribution is 2.21. The number of rotatable bonds is 3. The second-order valence-electron chi connectivity index (χ2n) is 5.52. The molecular formula is C16H17BrN4O3S. The molecule has 1 fully saturated rings. The Labute approximate surface area is 154 Å². The van der Waals surface area contributed by atoms with Crippen molar-refractivity contribution in [2.75, 3.05) is 31.5 Å². The van der Waals surface area contributed by atoms with Crippen LogP contribution in [0.4, 0.5) is 10.5 Å². The number of piperazine rings is 1. The summed E-state index contributed by atoms with van der Waals surface area (Å²) in [6, 6.07) is 9.84. The minimum Gasteiger partial charge on any atom is -0.322 e. The molecule has 0 bridgehead atoms. The summed E-state index contributed by atoms with van der Waals surface area (Å²) in [5.41, 5.74) is 0.608.